The Morgan fingerprint density at radius 3 is 2.62 bits per heavy atom. The molecule has 7 heteroatoms. The minimum atomic E-state index is -4.50. The van der Waals surface area contributed by atoms with E-state index < -0.39 is 23.8 Å². The highest BCUT2D eigenvalue weighted by molar-refractivity contribution is 5.73. The van der Waals surface area contributed by atoms with Crippen LogP contribution >= 0.6 is 0 Å². The lowest BCUT2D eigenvalue weighted by molar-refractivity contribution is -0.141. The number of benzene rings is 1. The molecule has 1 aromatic rings. The fourth-order valence-corrected chi connectivity index (χ4v) is 1.74. The van der Waals surface area contributed by atoms with Gasteiger partial charge in [-0.15, -0.1) is 0 Å². The van der Waals surface area contributed by atoms with Gasteiger partial charge in [-0.2, -0.15) is 13.2 Å². The second-order valence-corrected chi connectivity index (χ2v) is 4.48. The summed E-state index contributed by atoms with van der Waals surface area (Å²) in [7, 11) is 0. The Morgan fingerprint density at radius 2 is 2.05 bits per heavy atom. The smallest absolute Gasteiger partial charge is 0.419 e. The highest BCUT2D eigenvalue weighted by atomic mass is 19.4. The number of aliphatic carboxylic acids is 1. The Bertz CT molecular complexity index is 463. The molecule has 0 aliphatic carbocycles. The van der Waals surface area contributed by atoms with Crippen LogP contribution in [-0.2, 0) is 11.0 Å². The normalized spacial score (nSPS) is 13.0. The van der Waals surface area contributed by atoms with Crippen LogP contribution in [0, 0.1) is 0 Å². The van der Waals surface area contributed by atoms with Crippen molar-refractivity contribution in [2.24, 2.45) is 0 Å². The second kappa shape index (κ2) is 7.87. The van der Waals surface area contributed by atoms with Crippen molar-refractivity contribution in [2.45, 2.75) is 32.0 Å². The first-order chi connectivity index (χ1) is 9.86. The van der Waals surface area contributed by atoms with Crippen molar-refractivity contribution >= 4 is 5.97 Å². The molecule has 0 radical (unpaired) electrons. The lowest BCUT2D eigenvalue weighted by Crippen LogP contribution is -2.38. The zero-order chi connectivity index (χ0) is 15.9. The number of para-hydroxylation sites is 1. The van der Waals surface area contributed by atoms with Gasteiger partial charge in [0.15, 0.2) is 0 Å². The van der Waals surface area contributed by atoms with Crippen molar-refractivity contribution in [2.75, 3.05) is 13.2 Å². The van der Waals surface area contributed by atoms with E-state index in [0.29, 0.717) is 6.54 Å². The number of rotatable bonds is 8. The summed E-state index contributed by atoms with van der Waals surface area (Å²) in [6, 6.07) is 4.04. The molecule has 1 rings (SSSR count). The van der Waals surface area contributed by atoms with Gasteiger partial charge in [-0.05, 0) is 25.1 Å². The maximum absolute atomic E-state index is 12.7. The van der Waals surface area contributed by atoms with Gasteiger partial charge in [0.2, 0.25) is 0 Å². The van der Waals surface area contributed by atoms with Crippen molar-refractivity contribution < 1.29 is 27.8 Å². The van der Waals surface area contributed by atoms with Crippen LogP contribution in [0.1, 0.15) is 25.3 Å². The number of alkyl halides is 3. The van der Waals surface area contributed by atoms with Crippen LogP contribution in [0.2, 0.25) is 0 Å². The lowest BCUT2D eigenvalue weighted by Gasteiger charge is -2.16. The fraction of sp³-hybridized carbons (Fsp3) is 0.500. The third kappa shape index (κ3) is 5.63. The molecule has 0 aliphatic heterocycles. The zero-order valence-electron chi connectivity index (χ0n) is 11.6. The van der Waals surface area contributed by atoms with E-state index in [1.807, 2.05) is 6.92 Å². The first-order valence-corrected chi connectivity index (χ1v) is 6.61. The molecule has 0 heterocycles. The number of ether oxygens (including phenoxy) is 1. The average Bonchev–Trinajstić information content (AvgIpc) is 2.41. The Labute approximate surface area is 120 Å². The van der Waals surface area contributed by atoms with Gasteiger partial charge in [-0.1, -0.05) is 19.1 Å². The predicted molar refractivity (Wildman–Crippen MR) is 71.3 cm³/mol. The highest BCUT2D eigenvalue weighted by Crippen LogP contribution is 2.35. The van der Waals surface area contributed by atoms with Crippen molar-refractivity contribution in [3.05, 3.63) is 29.8 Å². The predicted octanol–water partition coefficient (Wildman–Crippen LogP) is 2.93. The topological polar surface area (TPSA) is 58.6 Å². The van der Waals surface area contributed by atoms with E-state index in [4.69, 9.17) is 9.84 Å². The number of carbonyl (C=O) groups is 1. The Hall–Kier alpha value is -1.76. The molecular weight excluding hydrogens is 287 g/mol. The van der Waals surface area contributed by atoms with E-state index in [1.165, 1.54) is 18.2 Å². The maximum Gasteiger partial charge on any atom is 0.419 e. The van der Waals surface area contributed by atoms with Crippen molar-refractivity contribution in [3.63, 3.8) is 0 Å². The molecule has 1 aromatic carbocycles. The minimum absolute atomic E-state index is 0.0848. The number of carboxylic acid groups (broad SMARTS) is 1. The van der Waals surface area contributed by atoms with E-state index in [0.717, 1.165) is 12.5 Å². The number of carboxylic acids is 1. The summed E-state index contributed by atoms with van der Waals surface area (Å²) in [5, 5.41) is 11.8. The minimum Gasteiger partial charge on any atom is -0.493 e. The fourth-order valence-electron chi connectivity index (χ4n) is 1.74. The molecule has 0 bridgehead atoms. The monoisotopic (exact) mass is 305 g/mol. The first-order valence-electron chi connectivity index (χ1n) is 6.61. The number of nitrogens with one attached hydrogen (secondary N) is 1. The van der Waals surface area contributed by atoms with Crippen LogP contribution in [0.5, 0.6) is 5.75 Å². The van der Waals surface area contributed by atoms with E-state index in [2.05, 4.69) is 5.32 Å². The van der Waals surface area contributed by atoms with Gasteiger partial charge >= 0.3 is 12.1 Å². The molecule has 21 heavy (non-hydrogen) atoms. The van der Waals surface area contributed by atoms with Gasteiger partial charge in [0.05, 0.1) is 12.2 Å². The van der Waals surface area contributed by atoms with Crippen LogP contribution in [0.15, 0.2) is 24.3 Å². The van der Waals surface area contributed by atoms with Gasteiger partial charge in [0.1, 0.15) is 11.8 Å². The number of hydrogen-bond donors (Lipinski definition) is 2. The van der Waals surface area contributed by atoms with Crippen molar-refractivity contribution in [1.82, 2.24) is 5.32 Å². The van der Waals surface area contributed by atoms with Gasteiger partial charge in [-0.3, -0.25) is 4.79 Å². The molecule has 0 aliphatic rings. The summed E-state index contributed by atoms with van der Waals surface area (Å²) in [5.41, 5.74) is -0.863. The Kier molecular flexibility index (Phi) is 6.48. The summed E-state index contributed by atoms with van der Waals surface area (Å²) in [6.45, 7) is 2.30. The van der Waals surface area contributed by atoms with Crippen molar-refractivity contribution in [3.8, 4) is 5.75 Å². The van der Waals surface area contributed by atoms with Crippen LogP contribution in [0.4, 0.5) is 13.2 Å². The molecule has 2 N–H and O–H groups in total. The molecule has 118 valence electrons. The molecule has 4 nitrogen and oxygen atoms in total. The molecule has 0 aromatic heterocycles. The molecular formula is C14H18F3NO3. The van der Waals surface area contributed by atoms with Crippen LogP contribution in [0.3, 0.4) is 0 Å². The van der Waals surface area contributed by atoms with Gasteiger partial charge in [-0.25, -0.2) is 0 Å². The lowest BCUT2D eigenvalue weighted by atomic mass is 10.2. The molecule has 0 amide bonds. The zero-order valence-corrected chi connectivity index (χ0v) is 11.6. The molecule has 1 unspecified atom stereocenters. The van der Waals surface area contributed by atoms with E-state index in [1.54, 1.807) is 0 Å². The average molecular weight is 305 g/mol. The van der Waals surface area contributed by atoms with E-state index in [9.17, 15) is 18.0 Å². The SMILES string of the molecule is CCCNC(CCOc1ccccc1C(F)(F)F)C(=O)O. The first kappa shape index (κ1) is 17.3. The molecule has 0 spiro atoms. The van der Waals surface area contributed by atoms with Gasteiger partial charge < -0.3 is 15.2 Å². The number of hydrogen-bond acceptors (Lipinski definition) is 3. The second-order valence-electron chi connectivity index (χ2n) is 4.48. The van der Waals surface area contributed by atoms with Crippen LogP contribution < -0.4 is 10.1 Å². The third-order valence-corrected chi connectivity index (χ3v) is 2.80. The third-order valence-electron chi connectivity index (χ3n) is 2.80. The summed E-state index contributed by atoms with van der Waals surface area (Å²) in [4.78, 5) is 11.0. The Balaban J connectivity index is 2.61. The van der Waals surface area contributed by atoms with Crippen LogP contribution in [0.25, 0.3) is 0 Å². The molecule has 1 atom stereocenters. The molecule has 0 saturated heterocycles. The number of halogens is 3. The quantitative estimate of drug-likeness (QED) is 0.775. The summed E-state index contributed by atoms with van der Waals surface area (Å²) >= 11 is 0. The van der Waals surface area contributed by atoms with E-state index >= 15 is 0 Å². The standard InChI is InChI=1S/C14H18F3NO3/c1-2-8-18-11(13(19)20)7-9-21-12-6-4-3-5-10(12)14(15,16)17/h3-6,11,18H,2,7-9H2,1H3,(H,19,20). The largest absolute Gasteiger partial charge is 0.493 e. The summed E-state index contributed by atoms with van der Waals surface area (Å²) in [5.74, 6) is -1.33. The van der Waals surface area contributed by atoms with Crippen LogP contribution in [-0.4, -0.2) is 30.3 Å². The molecule has 0 saturated carbocycles. The van der Waals surface area contributed by atoms with Gasteiger partial charge in [0, 0.05) is 6.42 Å². The highest BCUT2D eigenvalue weighted by Gasteiger charge is 2.34. The maximum atomic E-state index is 12.7. The molecule has 0 fully saturated rings. The Morgan fingerprint density at radius 1 is 1.38 bits per heavy atom. The van der Waals surface area contributed by atoms with Gasteiger partial charge in [0.25, 0.3) is 0 Å². The summed E-state index contributed by atoms with van der Waals surface area (Å²) in [6.07, 6.45) is -3.65. The van der Waals surface area contributed by atoms with Crippen molar-refractivity contribution in [1.29, 1.82) is 0 Å². The van der Waals surface area contributed by atoms with E-state index in [-0.39, 0.29) is 18.8 Å². The summed E-state index contributed by atoms with van der Waals surface area (Å²) < 4.78 is 43.3.